The van der Waals surface area contributed by atoms with Gasteiger partial charge in [-0.2, -0.15) is 0 Å². The van der Waals surface area contributed by atoms with Gasteiger partial charge in [0, 0.05) is 24.6 Å². The highest BCUT2D eigenvalue weighted by atomic mass is 14.9. The summed E-state index contributed by atoms with van der Waals surface area (Å²) in [6.45, 7) is 5.24. The van der Waals surface area contributed by atoms with Crippen LogP contribution in [-0.2, 0) is 6.42 Å². The van der Waals surface area contributed by atoms with Crippen molar-refractivity contribution in [1.29, 1.82) is 0 Å². The van der Waals surface area contributed by atoms with E-state index >= 15 is 0 Å². The molecule has 2 rings (SSSR count). The lowest BCUT2D eigenvalue weighted by Gasteiger charge is -2.21. The minimum absolute atomic E-state index is 0.240. The molecule has 2 heterocycles. The molecule has 20 heavy (non-hydrogen) atoms. The summed E-state index contributed by atoms with van der Waals surface area (Å²) in [4.78, 5) is 8.33. The lowest BCUT2D eigenvalue weighted by Crippen LogP contribution is -2.25. The van der Waals surface area contributed by atoms with Gasteiger partial charge in [0.25, 0.3) is 0 Å². The maximum absolute atomic E-state index is 5.96. The number of hydrogen-bond donors (Lipinski definition) is 2. The van der Waals surface area contributed by atoms with E-state index in [0.29, 0.717) is 5.82 Å². The number of nitrogens with zero attached hydrogens (tertiary/aromatic N) is 2. The molecule has 2 aromatic heterocycles. The summed E-state index contributed by atoms with van der Waals surface area (Å²) in [6, 6.07) is 6.29. The van der Waals surface area contributed by atoms with Crippen molar-refractivity contribution < 1.29 is 0 Å². The number of pyridine rings is 2. The quantitative estimate of drug-likeness (QED) is 0.847. The molecule has 0 spiro atoms. The Hall–Kier alpha value is -1.94. The van der Waals surface area contributed by atoms with Gasteiger partial charge in [-0.15, -0.1) is 0 Å². The molecule has 0 radical (unpaired) electrons. The van der Waals surface area contributed by atoms with Gasteiger partial charge in [-0.05, 0) is 55.1 Å². The van der Waals surface area contributed by atoms with Crippen LogP contribution < -0.4 is 11.1 Å². The van der Waals surface area contributed by atoms with Crippen molar-refractivity contribution in [3.05, 3.63) is 53.5 Å². The van der Waals surface area contributed by atoms with Crippen molar-refractivity contribution in [1.82, 2.24) is 15.3 Å². The Labute approximate surface area is 120 Å². The van der Waals surface area contributed by atoms with Crippen LogP contribution in [-0.4, -0.2) is 16.5 Å². The van der Waals surface area contributed by atoms with E-state index in [1.807, 2.05) is 24.5 Å². The van der Waals surface area contributed by atoms with Crippen LogP contribution in [0.3, 0.4) is 0 Å². The van der Waals surface area contributed by atoms with Gasteiger partial charge in [-0.25, -0.2) is 4.98 Å². The standard InChI is InChI=1S/C16H22N4/c1-3-7-19-15(14-6-9-18-11-12(14)2)10-13-5-4-8-20-16(13)17/h4-6,8-9,11,15,19H,3,7,10H2,1-2H3,(H2,17,20). The molecule has 4 nitrogen and oxygen atoms in total. The number of rotatable bonds is 6. The summed E-state index contributed by atoms with van der Waals surface area (Å²) >= 11 is 0. The Morgan fingerprint density at radius 2 is 2.15 bits per heavy atom. The SMILES string of the molecule is CCCNC(Cc1cccnc1N)c1ccncc1C. The van der Waals surface area contributed by atoms with Crippen molar-refractivity contribution in [3.63, 3.8) is 0 Å². The Morgan fingerprint density at radius 1 is 1.30 bits per heavy atom. The number of nitrogen functional groups attached to an aromatic ring is 1. The summed E-state index contributed by atoms with van der Waals surface area (Å²) in [5.74, 6) is 0.613. The zero-order valence-corrected chi connectivity index (χ0v) is 12.1. The molecule has 0 saturated carbocycles. The second kappa shape index (κ2) is 7.01. The molecular weight excluding hydrogens is 248 g/mol. The van der Waals surface area contributed by atoms with Gasteiger partial charge in [0.2, 0.25) is 0 Å². The lowest BCUT2D eigenvalue weighted by molar-refractivity contribution is 0.526. The first-order valence-electron chi connectivity index (χ1n) is 7.05. The first-order chi connectivity index (χ1) is 9.72. The Kier molecular flexibility index (Phi) is 5.07. The maximum atomic E-state index is 5.96. The highest BCUT2D eigenvalue weighted by Crippen LogP contribution is 2.23. The molecular formula is C16H22N4. The molecule has 106 valence electrons. The highest BCUT2D eigenvalue weighted by molar-refractivity contribution is 5.40. The van der Waals surface area contributed by atoms with E-state index in [2.05, 4.69) is 35.2 Å². The highest BCUT2D eigenvalue weighted by Gasteiger charge is 2.15. The predicted octanol–water partition coefficient (Wildman–Crippen LogP) is 2.65. The fourth-order valence-electron chi connectivity index (χ4n) is 2.33. The van der Waals surface area contributed by atoms with Gasteiger partial charge < -0.3 is 11.1 Å². The van der Waals surface area contributed by atoms with Crippen LogP contribution in [0.2, 0.25) is 0 Å². The number of aromatic nitrogens is 2. The minimum atomic E-state index is 0.240. The molecule has 0 aromatic carbocycles. The fourth-order valence-corrected chi connectivity index (χ4v) is 2.33. The van der Waals surface area contributed by atoms with Crippen molar-refractivity contribution in [2.45, 2.75) is 32.7 Å². The topological polar surface area (TPSA) is 63.8 Å². The van der Waals surface area contributed by atoms with Crippen LogP contribution >= 0.6 is 0 Å². The predicted molar refractivity (Wildman–Crippen MR) is 82.4 cm³/mol. The molecule has 0 fully saturated rings. The van der Waals surface area contributed by atoms with E-state index in [1.165, 1.54) is 11.1 Å². The van der Waals surface area contributed by atoms with Gasteiger partial charge in [0.1, 0.15) is 5.82 Å². The summed E-state index contributed by atoms with van der Waals surface area (Å²) in [5.41, 5.74) is 9.52. The molecule has 3 N–H and O–H groups in total. The van der Waals surface area contributed by atoms with Crippen molar-refractivity contribution in [2.24, 2.45) is 0 Å². The van der Waals surface area contributed by atoms with Gasteiger partial charge in [-0.3, -0.25) is 4.98 Å². The van der Waals surface area contributed by atoms with Crippen LogP contribution in [0, 0.1) is 6.92 Å². The Morgan fingerprint density at radius 3 is 2.85 bits per heavy atom. The molecule has 4 heteroatoms. The molecule has 2 aromatic rings. The van der Waals surface area contributed by atoms with Crippen molar-refractivity contribution >= 4 is 5.82 Å². The average Bonchev–Trinajstić information content (AvgIpc) is 2.46. The van der Waals surface area contributed by atoms with Gasteiger partial charge >= 0.3 is 0 Å². The lowest BCUT2D eigenvalue weighted by atomic mass is 9.97. The second-order valence-corrected chi connectivity index (χ2v) is 4.99. The molecule has 1 atom stereocenters. The van der Waals surface area contributed by atoms with Crippen molar-refractivity contribution in [3.8, 4) is 0 Å². The molecule has 0 aliphatic heterocycles. The monoisotopic (exact) mass is 270 g/mol. The maximum Gasteiger partial charge on any atom is 0.126 e. The van der Waals surface area contributed by atoms with E-state index in [-0.39, 0.29) is 6.04 Å². The molecule has 0 aliphatic carbocycles. The van der Waals surface area contributed by atoms with Crippen LogP contribution in [0.1, 0.15) is 36.1 Å². The molecule has 1 unspecified atom stereocenters. The molecule has 0 amide bonds. The van der Waals surface area contributed by atoms with Crippen LogP contribution in [0.5, 0.6) is 0 Å². The zero-order valence-electron chi connectivity index (χ0n) is 12.1. The smallest absolute Gasteiger partial charge is 0.126 e. The first-order valence-corrected chi connectivity index (χ1v) is 7.05. The second-order valence-electron chi connectivity index (χ2n) is 4.99. The molecule has 0 aliphatic rings. The summed E-state index contributed by atoms with van der Waals surface area (Å²) < 4.78 is 0. The summed E-state index contributed by atoms with van der Waals surface area (Å²) in [7, 11) is 0. The Balaban J connectivity index is 2.24. The fraction of sp³-hybridized carbons (Fsp3) is 0.375. The van der Waals surface area contributed by atoms with E-state index in [9.17, 15) is 0 Å². The number of anilines is 1. The third kappa shape index (κ3) is 3.54. The minimum Gasteiger partial charge on any atom is -0.383 e. The van der Waals surface area contributed by atoms with Crippen molar-refractivity contribution in [2.75, 3.05) is 12.3 Å². The number of aryl methyl sites for hydroxylation is 1. The average molecular weight is 270 g/mol. The van der Waals surface area contributed by atoms with E-state index in [0.717, 1.165) is 24.9 Å². The number of hydrogen-bond acceptors (Lipinski definition) is 4. The third-order valence-corrected chi connectivity index (χ3v) is 3.43. The van der Waals surface area contributed by atoms with Crippen LogP contribution in [0.4, 0.5) is 5.82 Å². The molecule has 0 bridgehead atoms. The summed E-state index contributed by atoms with van der Waals surface area (Å²) in [6.07, 6.45) is 7.41. The van der Waals surface area contributed by atoms with E-state index in [4.69, 9.17) is 5.73 Å². The first kappa shape index (κ1) is 14.5. The normalized spacial score (nSPS) is 12.3. The van der Waals surface area contributed by atoms with Crippen LogP contribution in [0.15, 0.2) is 36.8 Å². The molecule has 0 saturated heterocycles. The largest absolute Gasteiger partial charge is 0.383 e. The van der Waals surface area contributed by atoms with Gasteiger partial charge in [-0.1, -0.05) is 13.0 Å². The van der Waals surface area contributed by atoms with E-state index < -0.39 is 0 Å². The van der Waals surface area contributed by atoms with E-state index in [1.54, 1.807) is 6.20 Å². The van der Waals surface area contributed by atoms with Gasteiger partial charge in [0.15, 0.2) is 0 Å². The third-order valence-electron chi connectivity index (χ3n) is 3.43. The summed E-state index contributed by atoms with van der Waals surface area (Å²) in [5, 5.41) is 3.59. The van der Waals surface area contributed by atoms with Crippen LogP contribution in [0.25, 0.3) is 0 Å². The van der Waals surface area contributed by atoms with Gasteiger partial charge in [0.05, 0.1) is 0 Å². The zero-order chi connectivity index (χ0) is 14.4. The number of nitrogens with two attached hydrogens (primary N) is 1. The number of nitrogens with one attached hydrogen (secondary N) is 1. The Bertz CT molecular complexity index is 554.